The van der Waals surface area contributed by atoms with E-state index >= 15 is 0 Å². The summed E-state index contributed by atoms with van der Waals surface area (Å²) in [5.41, 5.74) is 6.63. The van der Waals surface area contributed by atoms with Gasteiger partial charge in [0, 0.05) is 31.1 Å². The lowest BCUT2D eigenvalue weighted by Gasteiger charge is -2.43. The summed E-state index contributed by atoms with van der Waals surface area (Å²) in [6.45, 7) is 4.39. The summed E-state index contributed by atoms with van der Waals surface area (Å²) in [5, 5.41) is 12.2. The van der Waals surface area contributed by atoms with Crippen molar-refractivity contribution in [1.29, 1.82) is 0 Å². The fraction of sp³-hybridized carbons (Fsp3) is 0.283. The second-order valence-electron chi connectivity index (χ2n) is 14.5. The van der Waals surface area contributed by atoms with Crippen LogP contribution in [0, 0.1) is 5.92 Å². The first-order valence-corrected chi connectivity index (χ1v) is 19.0. The third-order valence-electron chi connectivity index (χ3n) is 10.4. The summed E-state index contributed by atoms with van der Waals surface area (Å²) < 4.78 is 18.8. The minimum absolute atomic E-state index is 0.0103. The van der Waals surface area contributed by atoms with Gasteiger partial charge in [-0.3, -0.25) is 19.4 Å². The number of carbonyl (C=O) groups is 3. The van der Waals surface area contributed by atoms with Crippen LogP contribution in [0.3, 0.4) is 0 Å². The van der Waals surface area contributed by atoms with Crippen LogP contribution < -0.4 is 5.32 Å². The molecule has 2 fully saturated rings. The van der Waals surface area contributed by atoms with Crippen LogP contribution >= 0.6 is 0 Å². The first kappa shape index (κ1) is 38.6. The molecule has 10 heteroatoms. The number of hydrogen-bond donors (Lipinski definition) is 2. The maximum atomic E-state index is 13.2. The van der Waals surface area contributed by atoms with Crippen LogP contribution in [0.2, 0.25) is 0 Å². The Morgan fingerprint density at radius 2 is 1.29 bits per heavy atom. The van der Waals surface area contributed by atoms with E-state index in [1.165, 1.54) is 16.0 Å². The number of amides is 3. The van der Waals surface area contributed by atoms with Gasteiger partial charge in [-0.2, -0.15) is 0 Å². The van der Waals surface area contributed by atoms with Gasteiger partial charge in [0.1, 0.15) is 12.6 Å². The smallest absolute Gasteiger partial charge is 0.408 e. The number of aliphatic hydroxyl groups excluding tert-OH is 1. The molecule has 0 saturated carbocycles. The number of imide groups is 1. The molecule has 2 aliphatic heterocycles. The van der Waals surface area contributed by atoms with Gasteiger partial charge in [0.15, 0.2) is 6.29 Å². The van der Waals surface area contributed by atoms with Gasteiger partial charge in [-0.15, -0.1) is 0 Å². The van der Waals surface area contributed by atoms with Crippen LogP contribution in [-0.4, -0.2) is 51.5 Å². The van der Waals surface area contributed by atoms with E-state index in [4.69, 9.17) is 14.2 Å². The normalized spacial score (nSPS) is 21.0. The summed E-state index contributed by atoms with van der Waals surface area (Å²) in [4.78, 5) is 42.2. The Bertz CT molecular complexity index is 2000. The summed E-state index contributed by atoms with van der Waals surface area (Å²) in [6.07, 6.45) is -2.06. The third-order valence-corrected chi connectivity index (χ3v) is 10.4. The van der Waals surface area contributed by atoms with Crippen LogP contribution in [0.5, 0.6) is 0 Å². The zero-order valence-corrected chi connectivity index (χ0v) is 31.4. The summed E-state index contributed by atoms with van der Waals surface area (Å²) in [5.74, 6) is -0.852. The van der Waals surface area contributed by atoms with Crippen LogP contribution in [0.1, 0.15) is 64.7 Å². The maximum Gasteiger partial charge on any atom is 0.408 e. The molecule has 7 rings (SSSR count). The van der Waals surface area contributed by atoms with Gasteiger partial charge in [0.25, 0.3) is 5.91 Å². The molecule has 56 heavy (non-hydrogen) atoms. The van der Waals surface area contributed by atoms with Crippen LogP contribution in [0.4, 0.5) is 4.79 Å². The molecule has 2 N–H and O–H groups in total. The Morgan fingerprint density at radius 1 is 0.732 bits per heavy atom. The first-order valence-electron chi connectivity index (χ1n) is 19.0. The molecule has 10 nitrogen and oxygen atoms in total. The molecule has 3 amide bonds. The average Bonchev–Trinajstić information content (AvgIpc) is 3.49. The highest BCUT2D eigenvalue weighted by Gasteiger charge is 2.41. The van der Waals surface area contributed by atoms with E-state index in [9.17, 15) is 19.5 Å². The van der Waals surface area contributed by atoms with Crippen molar-refractivity contribution in [2.24, 2.45) is 5.92 Å². The lowest BCUT2D eigenvalue weighted by molar-refractivity contribution is -0.276. The zero-order valence-electron chi connectivity index (χ0n) is 31.4. The molecule has 5 aromatic rings. The Morgan fingerprint density at radius 3 is 1.88 bits per heavy atom. The number of alkyl carbamates (subject to hydrolysis) is 1. The fourth-order valence-corrected chi connectivity index (χ4v) is 7.28. The van der Waals surface area contributed by atoms with Crippen molar-refractivity contribution in [3.8, 4) is 0 Å². The second kappa shape index (κ2) is 18.3. The molecule has 0 spiro atoms. The SMILES string of the molecule is CC1C(CN(Cc2ccccc2)Cc2ccccc2)OC(c2ccc(CN3C(=O)CC(NC(=O)OCc4ccccc4)C3=O)cc2)OC1c1ccc(CO)cc1. The molecular weight excluding hydrogens is 707 g/mol. The van der Waals surface area contributed by atoms with Crippen LogP contribution in [0.15, 0.2) is 140 Å². The van der Waals surface area contributed by atoms with Crippen molar-refractivity contribution in [2.45, 2.75) is 70.7 Å². The zero-order chi connectivity index (χ0) is 38.9. The number of aliphatic hydroxyl groups is 1. The Hall–Kier alpha value is -5.65. The molecule has 0 aliphatic carbocycles. The molecule has 5 atom stereocenters. The van der Waals surface area contributed by atoms with Crippen LogP contribution in [0.25, 0.3) is 0 Å². The van der Waals surface area contributed by atoms with Crippen LogP contribution in [-0.2, 0) is 56.6 Å². The number of ether oxygens (including phenoxy) is 3. The minimum atomic E-state index is -0.986. The number of rotatable bonds is 14. The third kappa shape index (κ3) is 9.77. The first-order chi connectivity index (χ1) is 27.3. The van der Waals surface area contributed by atoms with Gasteiger partial charge >= 0.3 is 6.09 Å². The highest BCUT2D eigenvalue weighted by molar-refractivity contribution is 6.06. The van der Waals surface area contributed by atoms with E-state index in [0.29, 0.717) is 6.54 Å². The quantitative estimate of drug-likeness (QED) is 0.114. The molecular formula is C46H47N3O7. The van der Waals surface area contributed by atoms with Gasteiger partial charge < -0.3 is 24.6 Å². The Balaban J connectivity index is 1.05. The van der Waals surface area contributed by atoms with Gasteiger partial charge in [0.2, 0.25) is 5.91 Å². The topological polar surface area (TPSA) is 118 Å². The molecule has 2 aliphatic rings. The van der Waals surface area contributed by atoms with E-state index in [-0.39, 0.29) is 50.2 Å². The van der Waals surface area contributed by atoms with Crippen molar-refractivity contribution < 1.29 is 33.7 Å². The number of nitrogens with one attached hydrogen (secondary N) is 1. The van der Waals surface area contributed by atoms with E-state index in [0.717, 1.165) is 40.9 Å². The van der Waals surface area contributed by atoms with Gasteiger partial charge in [-0.05, 0) is 33.4 Å². The van der Waals surface area contributed by atoms with E-state index in [2.05, 4.69) is 65.7 Å². The molecule has 0 bridgehead atoms. The van der Waals surface area contributed by atoms with E-state index < -0.39 is 24.3 Å². The molecule has 2 heterocycles. The molecule has 0 aromatic heterocycles. The fourth-order valence-electron chi connectivity index (χ4n) is 7.28. The maximum absolute atomic E-state index is 13.2. The predicted octanol–water partition coefficient (Wildman–Crippen LogP) is 7.23. The van der Waals surface area contributed by atoms with E-state index in [1.54, 1.807) is 0 Å². The monoisotopic (exact) mass is 753 g/mol. The minimum Gasteiger partial charge on any atom is -0.445 e. The van der Waals surface area contributed by atoms with Crippen molar-refractivity contribution in [2.75, 3.05) is 6.54 Å². The largest absolute Gasteiger partial charge is 0.445 e. The van der Waals surface area contributed by atoms with Crippen molar-refractivity contribution >= 4 is 17.9 Å². The molecule has 5 unspecified atom stereocenters. The lowest BCUT2D eigenvalue weighted by atomic mass is 9.89. The number of likely N-dealkylation sites (tertiary alicyclic amines) is 1. The average molecular weight is 754 g/mol. The molecule has 2 saturated heterocycles. The Kier molecular flexibility index (Phi) is 12.6. The number of benzene rings is 5. The van der Waals surface area contributed by atoms with Gasteiger partial charge in [-0.25, -0.2) is 4.79 Å². The number of nitrogens with zero attached hydrogens (tertiary/aromatic N) is 2. The van der Waals surface area contributed by atoms with E-state index in [1.807, 2.05) is 91.0 Å². The molecule has 288 valence electrons. The highest BCUT2D eigenvalue weighted by Crippen LogP contribution is 2.42. The summed E-state index contributed by atoms with van der Waals surface area (Å²) in [7, 11) is 0. The number of carbonyl (C=O) groups excluding carboxylic acids is 3. The number of hydrogen-bond acceptors (Lipinski definition) is 8. The summed E-state index contributed by atoms with van der Waals surface area (Å²) >= 11 is 0. The predicted molar refractivity (Wildman–Crippen MR) is 210 cm³/mol. The van der Waals surface area contributed by atoms with Gasteiger partial charge in [-0.1, -0.05) is 146 Å². The second-order valence-corrected chi connectivity index (χ2v) is 14.5. The van der Waals surface area contributed by atoms with Gasteiger partial charge in [0.05, 0.1) is 31.8 Å². The van der Waals surface area contributed by atoms with Crippen molar-refractivity contribution in [3.05, 3.63) is 178 Å². The van der Waals surface area contributed by atoms with Crippen molar-refractivity contribution in [3.63, 3.8) is 0 Å². The molecule has 0 radical (unpaired) electrons. The lowest BCUT2D eigenvalue weighted by Crippen LogP contribution is -2.44. The summed E-state index contributed by atoms with van der Waals surface area (Å²) in [6, 6.07) is 44.5. The molecule has 5 aromatic carbocycles. The van der Waals surface area contributed by atoms with Crippen molar-refractivity contribution in [1.82, 2.24) is 15.1 Å². The Labute approximate surface area is 327 Å². The highest BCUT2D eigenvalue weighted by atomic mass is 16.7. The standard InChI is InChI=1S/C46H47N3O7/c1-32-41(29-48(26-33-11-5-2-6-12-33)27-34-13-7-3-8-14-34)55-45(56-43(32)38-21-19-36(30-50)20-22-38)39-23-17-35(18-24-39)28-49-42(51)25-40(44(49)52)47-46(53)54-31-37-15-9-4-10-16-37/h2-24,32,40-41,43,45,50H,25-31H2,1H3,(H,47,53).